The van der Waals surface area contributed by atoms with Gasteiger partial charge in [0.05, 0.1) is 33.3 Å². The zero-order valence-corrected chi connectivity index (χ0v) is 18.3. The topological polar surface area (TPSA) is 87.0 Å². The average molecular weight is 424 g/mol. The Balaban J connectivity index is 1.99. The predicted molar refractivity (Wildman–Crippen MR) is 115 cm³/mol. The van der Waals surface area contributed by atoms with E-state index in [4.69, 9.17) is 4.74 Å². The Bertz CT molecular complexity index is 939. The smallest absolute Gasteiger partial charge is 0.295 e. The second kappa shape index (κ2) is 10.2. The maximum absolute atomic E-state index is 13.3. The Hall–Kier alpha value is -3.19. The molecule has 2 heterocycles. The van der Waals surface area contributed by atoms with Crippen LogP contribution < -0.4 is 14.7 Å². The van der Waals surface area contributed by atoms with Crippen LogP contribution in [-0.2, 0) is 9.59 Å². The molecule has 1 amide bonds. The van der Waals surface area contributed by atoms with Crippen LogP contribution in [0.3, 0.4) is 0 Å². The summed E-state index contributed by atoms with van der Waals surface area (Å²) in [4.78, 5) is 32.7. The number of rotatable bonds is 9. The SMILES string of the molecule is CCCOc1ccc(C([O-])=C2C(=O)C(=O)N(CCC[NH+](C)C)C2c2cccnc2)cc1. The van der Waals surface area contributed by atoms with Crippen molar-refractivity contribution in [1.29, 1.82) is 0 Å². The first-order chi connectivity index (χ1) is 14.9. The van der Waals surface area contributed by atoms with Crippen LogP contribution in [0.4, 0.5) is 0 Å². The minimum atomic E-state index is -0.734. The third-order valence-electron chi connectivity index (χ3n) is 5.19. The number of aromatic nitrogens is 1. The van der Waals surface area contributed by atoms with Gasteiger partial charge in [0.2, 0.25) is 5.78 Å². The molecular weight excluding hydrogens is 394 g/mol. The number of benzene rings is 1. The maximum atomic E-state index is 13.3. The van der Waals surface area contributed by atoms with Gasteiger partial charge in [0.15, 0.2) is 0 Å². The minimum Gasteiger partial charge on any atom is -0.872 e. The van der Waals surface area contributed by atoms with Gasteiger partial charge in [0.25, 0.3) is 5.91 Å². The Kier molecular flexibility index (Phi) is 7.41. The molecule has 0 spiro atoms. The van der Waals surface area contributed by atoms with Crippen molar-refractivity contribution in [1.82, 2.24) is 9.88 Å². The van der Waals surface area contributed by atoms with Crippen LogP contribution >= 0.6 is 0 Å². The molecule has 1 atom stereocenters. The van der Waals surface area contributed by atoms with Gasteiger partial charge >= 0.3 is 0 Å². The third-order valence-corrected chi connectivity index (χ3v) is 5.19. The molecule has 1 saturated heterocycles. The number of carbonyl (C=O) groups is 2. The van der Waals surface area contributed by atoms with E-state index in [0.29, 0.717) is 30.0 Å². The summed E-state index contributed by atoms with van der Waals surface area (Å²) < 4.78 is 5.57. The predicted octanol–water partition coefficient (Wildman–Crippen LogP) is 0.629. The van der Waals surface area contributed by atoms with Gasteiger partial charge in [-0.2, -0.15) is 0 Å². The standard InChI is InChI=1S/C24H29N3O4/c1-4-15-31-19-10-8-17(9-11-19)22(28)20-21(18-7-5-12-25-16-18)27(24(30)23(20)29)14-6-13-26(2)3/h5,7-12,16,21,28H,4,6,13-15H2,1-3H3. The Morgan fingerprint density at radius 3 is 2.55 bits per heavy atom. The molecule has 0 aliphatic carbocycles. The highest BCUT2D eigenvalue weighted by atomic mass is 16.5. The molecule has 3 rings (SSSR count). The van der Waals surface area contributed by atoms with E-state index in [1.165, 1.54) is 9.80 Å². The number of carbonyl (C=O) groups excluding carboxylic acids is 2. The number of hydrogen-bond donors (Lipinski definition) is 1. The van der Waals surface area contributed by atoms with Gasteiger partial charge in [0.1, 0.15) is 5.75 Å². The summed E-state index contributed by atoms with van der Waals surface area (Å²) in [5, 5.41) is 13.3. The van der Waals surface area contributed by atoms with Gasteiger partial charge in [0, 0.05) is 30.9 Å². The lowest BCUT2D eigenvalue weighted by Crippen LogP contribution is -3.05. The average Bonchev–Trinajstić information content (AvgIpc) is 3.03. The number of hydrogen-bond acceptors (Lipinski definition) is 5. The summed E-state index contributed by atoms with van der Waals surface area (Å²) >= 11 is 0. The van der Waals surface area contributed by atoms with Crippen molar-refractivity contribution in [3.05, 3.63) is 65.5 Å². The number of likely N-dealkylation sites (tertiary alicyclic amines) is 1. The van der Waals surface area contributed by atoms with E-state index < -0.39 is 23.5 Å². The van der Waals surface area contributed by atoms with E-state index in [1.807, 2.05) is 21.0 Å². The third kappa shape index (κ3) is 5.11. The summed E-state index contributed by atoms with van der Waals surface area (Å²) in [7, 11) is 4.06. The van der Waals surface area contributed by atoms with Gasteiger partial charge in [-0.25, -0.2) is 0 Å². The van der Waals surface area contributed by atoms with E-state index in [-0.39, 0.29) is 5.57 Å². The Morgan fingerprint density at radius 1 is 1.19 bits per heavy atom. The van der Waals surface area contributed by atoms with E-state index >= 15 is 0 Å². The van der Waals surface area contributed by atoms with Gasteiger partial charge in [-0.05, 0) is 35.7 Å². The summed E-state index contributed by atoms with van der Waals surface area (Å²) in [5.74, 6) is -1.14. The number of amides is 1. The maximum Gasteiger partial charge on any atom is 0.295 e. The minimum absolute atomic E-state index is 0.0163. The highest BCUT2D eigenvalue weighted by Gasteiger charge is 2.44. The van der Waals surface area contributed by atoms with Crippen LogP contribution in [0, 0.1) is 0 Å². The fourth-order valence-electron chi connectivity index (χ4n) is 3.67. The molecule has 0 saturated carbocycles. The highest BCUT2D eigenvalue weighted by molar-refractivity contribution is 6.46. The summed E-state index contributed by atoms with van der Waals surface area (Å²) in [6.07, 6.45) is 4.84. The number of ether oxygens (including phenoxy) is 1. The number of nitrogens with zero attached hydrogens (tertiary/aromatic N) is 2. The van der Waals surface area contributed by atoms with Gasteiger partial charge < -0.3 is 19.6 Å². The molecule has 1 unspecified atom stereocenters. The summed E-state index contributed by atoms with van der Waals surface area (Å²) in [5.41, 5.74) is 0.996. The quantitative estimate of drug-likeness (QED) is 0.363. The molecule has 1 aromatic carbocycles. The van der Waals surface area contributed by atoms with E-state index in [2.05, 4.69) is 4.98 Å². The van der Waals surface area contributed by atoms with Crippen molar-refractivity contribution in [3.8, 4) is 5.75 Å². The first-order valence-electron chi connectivity index (χ1n) is 10.6. The van der Waals surface area contributed by atoms with Crippen molar-refractivity contribution >= 4 is 17.4 Å². The number of pyridine rings is 1. The summed E-state index contributed by atoms with van der Waals surface area (Å²) in [6.45, 7) is 3.85. The molecule has 0 radical (unpaired) electrons. The van der Waals surface area contributed by atoms with Gasteiger partial charge in [-0.15, -0.1) is 0 Å². The van der Waals surface area contributed by atoms with Crippen LogP contribution in [0.25, 0.3) is 5.76 Å². The molecular formula is C24H29N3O4. The van der Waals surface area contributed by atoms with Gasteiger partial charge in [-0.1, -0.05) is 30.9 Å². The van der Waals surface area contributed by atoms with Crippen LogP contribution in [0.15, 0.2) is 54.4 Å². The Morgan fingerprint density at radius 2 is 1.94 bits per heavy atom. The lowest BCUT2D eigenvalue weighted by Gasteiger charge is -2.27. The molecule has 31 heavy (non-hydrogen) atoms. The lowest BCUT2D eigenvalue weighted by atomic mass is 9.96. The normalized spacial score (nSPS) is 18.1. The molecule has 1 aliphatic heterocycles. The monoisotopic (exact) mass is 423 g/mol. The van der Waals surface area contributed by atoms with Crippen molar-refractivity contribution < 1.29 is 24.3 Å². The first kappa shape index (κ1) is 22.5. The molecule has 1 N–H and O–H groups in total. The molecule has 0 bridgehead atoms. The molecule has 2 aromatic rings. The molecule has 7 heteroatoms. The van der Waals surface area contributed by atoms with E-state index in [9.17, 15) is 14.7 Å². The largest absolute Gasteiger partial charge is 0.872 e. The van der Waals surface area contributed by atoms with E-state index in [0.717, 1.165) is 19.4 Å². The van der Waals surface area contributed by atoms with Crippen LogP contribution in [0.2, 0.25) is 0 Å². The van der Waals surface area contributed by atoms with Crippen LogP contribution in [-0.4, -0.2) is 55.4 Å². The Labute approximate surface area is 183 Å². The van der Waals surface area contributed by atoms with Crippen molar-refractivity contribution in [2.24, 2.45) is 0 Å². The van der Waals surface area contributed by atoms with Gasteiger partial charge in [-0.3, -0.25) is 14.6 Å². The fourth-order valence-corrected chi connectivity index (χ4v) is 3.67. The molecule has 164 valence electrons. The van der Waals surface area contributed by atoms with Crippen molar-refractivity contribution in [3.63, 3.8) is 0 Å². The van der Waals surface area contributed by atoms with Crippen LogP contribution in [0.1, 0.15) is 36.9 Å². The number of nitrogens with one attached hydrogen (secondary N) is 1. The molecule has 7 nitrogen and oxygen atoms in total. The molecule has 1 aromatic heterocycles. The first-order valence-corrected chi connectivity index (χ1v) is 10.6. The number of Topliss-reactive ketones (excluding diaryl/α,β-unsaturated/α-hetero) is 1. The second-order valence-electron chi connectivity index (χ2n) is 7.94. The second-order valence-corrected chi connectivity index (χ2v) is 7.94. The fraction of sp³-hybridized carbons (Fsp3) is 0.375. The van der Waals surface area contributed by atoms with E-state index in [1.54, 1.807) is 48.8 Å². The number of ketones is 1. The zero-order chi connectivity index (χ0) is 22.4. The highest BCUT2D eigenvalue weighted by Crippen LogP contribution is 2.38. The molecule has 1 fully saturated rings. The molecule has 1 aliphatic rings. The summed E-state index contributed by atoms with van der Waals surface area (Å²) in [6, 6.07) is 9.50. The lowest BCUT2D eigenvalue weighted by molar-refractivity contribution is -0.858. The van der Waals surface area contributed by atoms with Crippen molar-refractivity contribution in [2.75, 3.05) is 33.8 Å². The zero-order valence-electron chi connectivity index (χ0n) is 18.3. The van der Waals surface area contributed by atoms with Crippen LogP contribution in [0.5, 0.6) is 5.75 Å². The van der Waals surface area contributed by atoms with Crippen molar-refractivity contribution in [2.45, 2.75) is 25.8 Å². The number of quaternary nitrogens is 1.